The van der Waals surface area contributed by atoms with Crippen LogP contribution in [0.15, 0.2) is 29.4 Å². The second-order valence-corrected chi connectivity index (χ2v) is 3.37. The van der Waals surface area contributed by atoms with Crippen LogP contribution in [0.4, 0.5) is 0 Å². The van der Waals surface area contributed by atoms with Crippen LogP contribution >= 0.6 is 0 Å². The summed E-state index contributed by atoms with van der Waals surface area (Å²) in [7, 11) is 0. The van der Waals surface area contributed by atoms with Gasteiger partial charge in [0.15, 0.2) is 0 Å². The van der Waals surface area contributed by atoms with E-state index in [1.807, 2.05) is 6.07 Å². The Labute approximate surface area is 88.8 Å². The van der Waals surface area contributed by atoms with Crippen molar-refractivity contribution >= 4 is 5.71 Å². The Kier molecular flexibility index (Phi) is 4.12. The van der Waals surface area contributed by atoms with Crippen molar-refractivity contribution in [3.8, 4) is 5.75 Å². The normalized spacial score (nSPS) is 13.7. The molecule has 0 saturated heterocycles. The Balaban J connectivity index is 2.74. The summed E-state index contributed by atoms with van der Waals surface area (Å²) in [4.78, 5) is 0. The van der Waals surface area contributed by atoms with Crippen LogP contribution in [0.25, 0.3) is 0 Å². The van der Waals surface area contributed by atoms with Gasteiger partial charge in [-0.05, 0) is 26.0 Å². The maximum Gasteiger partial charge on any atom is 0.120 e. The van der Waals surface area contributed by atoms with Gasteiger partial charge >= 0.3 is 0 Å². The molecule has 1 unspecified atom stereocenters. The molecule has 0 aliphatic heterocycles. The number of benzene rings is 1. The Morgan fingerprint density at radius 2 is 2.27 bits per heavy atom. The maximum absolute atomic E-state index is 9.05. The number of nitrogens with zero attached hydrogens (tertiary/aromatic N) is 1. The highest BCUT2D eigenvalue weighted by Gasteiger charge is 2.01. The number of ether oxygens (including phenoxy) is 1. The second-order valence-electron chi connectivity index (χ2n) is 3.37. The van der Waals surface area contributed by atoms with Crippen molar-refractivity contribution in [2.75, 3.05) is 6.61 Å². The summed E-state index contributed by atoms with van der Waals surface area (Å²) in [5.41, 5.74) is 1.32. The fraction of sp³-hybridized carbons (Fsp3) is 0.364. The Hall–Kier alpha value is -1.55. The highest BCUT2D eigenvalue weighted by atomic mass is 16.5. The molecule has 1 rings (SSSR count). The summed E-state index contributed by atoms with van der Waals surface area (Å²) in [6.07, 6.45) is -0.499. The van der Waals surface area contributed by atoms with Crippen LogP contribution in [-0.4, -0.2) is 28.7 Å². The van der Waals surface area contributed by atoms with E-state index in [0.717, 1.165) is 5.56 Å². The summed E-state index contributed by atoms with van der Waals surface area (Å²) in [6, 6.07) is 7.18. The molecule has 0 aliphatic rings. The van der Waals surface area contributed by atoms with Crippen LogP contribution in [0, 0.1) is 0 Å². The number of hydrogen-bond acceptors (Lipinski definition) is 4. The Bertz CT molecular complexity index is 347. The second kappa shape index (κ2) is 5.36. The van der Waals surface area contributed by atoms with Gasteiger partial charge in [0.05, 0.1) is 11.8 Å². The Morgan fingerprint density at radius 3 is 2.87 bits per heavy atom. The number of aliphatic hydroxyl groups is 1. The monoisotopic (exact) mass is 209 g/mol. The van der Waals surface area contributed by atoms with Crippen molar-refractivity contribution < 1.29 is 15.1 Å². The van der Waals surface area contributed by atoms with E-state index in [4.69, 9.17) is 15.1 Å². The first kappa shape index (κ1) is 11.5. The largest absolute Gasteiger partial charge is 0.491 e. The highest BCUT2D eigenvalue weighted by Crippen LogP contribution is 2.14. The van der Waals surface area contributed by atoms with E-state index in [0.29, 0.717) is 11.5 Å². The van der Waals surface area contributed by atoms with Gasteiger partial charge < -0.3 is 15.1 Å². The Morgan fingerprint density at radius 1 is 1.53 bits per heavy atom. The van der Waals surface area contributed by atoms with Crippen molar-refractivity contribution in [2.24, 2.45) is 5.16 Å². The van der Waals surface area contributed by atoms with Gasteiger partial charge in [-0.1, -0.05) is 17.3 Å². The minimum atomic E-state index is -0.499. The number of rotatable bonds is 4. The van der Waals surface area contributed by atoms with Crippen molar-refractivity contribution in [1.82, 2.24) is 0 Å². The predicted octanol–water partition coefficient (Wildman–Crippen LogP) is 1.64. The molecule has 0 aromatic heterocycles. The zero-order chi connectivity index (χ0) is 11.3. The smallest absolute Gasteiger partial charge is 0.120 e. The molecule has 0 radical (unpaired) electrons. The van der Waals surface area contributed by atoms with Gasteiger partial charge in [-0.3, -0.25) is 0 Å². The van der Waals surface area contributed by atoms with Crippen LogP contribution in [0.5, 0.6) is 5.75 Å². The van der Waals surface area contributed by atoms with Gasteiger partial charge in [-0.2, -0.15) is 0 Å². The third-order valence-electron chi connectivity index (χ3n) is 1.89. The van der Waals surface area contributed by atoms with Crippen molar-refractivity contribution in [3.05, 3.63) is 29.8 Å². The highest BCUT2D eigenvalue weighted by molar-refractivity contribution is 5.98. The van der Waals surface area contributed by atoms with E-state index in [2.05, 4.69) is 5.16 Å². The van der Waals surface area contributed by atoms with Gasteiger partial charge in [0.1, 0.15) is 12.4 Å². The van der Waals surface area contributed by atoms with Gasteiger partial charge in [0.25, 0.3) is 0 Å². The quantitative estimate of drug-likeness (QED) is 0.450. The predicted molar refractivity (Wildman–Crippen MR) is 57.6 cm³/mol. The average Bonchev–Trinajstić information content (AvgIpc) is 2.25. The molecule has 4 heteroatoms. The van der Waals surface area contributed by atoms with Gasteiger partial charge in [-0.25, -0.2) is 0 Å². The van der Waals surface area contributed by atoms with E-state index in [9.17, 15) is 0 Å². The summed E-state index contributed by atoms with van der Waals surface area (Å²) >= 11 is 0. The molecule has 2 N–H and O–H groups in total. The minimum Gasteiger partial charge on any atom is -0.491 e. The van der Waals surface area contributed by atoms with Crippen molar-refractivity contribution in [2.45, 2.75) is 20.0 Å². The summed E-state index contributed by atoms with van der Waals surface area (Å²) in [5, 5.41) is 20.8. The molecule has 1 aromatic carbocycles. The van der Waals surface area contributed by atoms with Gasteiger partial charge in [0.2, 0.25) is 0 Å². The molecule has 15 heavy (non-hydrogen) atoms. The van der Waals surface area contributed by atoms with E-state index >= 15 is 0 Å². The van der Waals surface area contributed by atoms with Crippen LogP contribution in [0.1, 0.15) is 19.4 Å². The summed E-state index contributed by atoms with van der Waals surface area (Å²) in [6.45, 7) is 3.61. The topological polar surface area (TPSA) is 62.1 Å². The van der Waals surface area contributed by atoms with E-state index in [1.54, 1.807) is 32.0 Å². The minimum absolute atomic E-state index is 0.249. The van der Waals surface area contributed by atoms with Crippen LogP contribution in [0.3, 0.4) is 0 Å². The molecule has 0 spiro atoms. The molecule has 0 saturated carbocycles. The fourth-order valence-corrected chi connectivity index (χ4v) is 1.09. The number of oxime groups is 1. The maximum atomic E-state index is 9.05. The van der Waals surface area contributed by atoms with Crippen LogP contribution < -0.4 is 4.74 Å². The van der Waals surface area contributed by atoms with E-state index in [-0.39, 0.29) is 6.61 Å². The molecule has 82 valence electrons. The molecular weight excluding hydrogens is 194 g/mol. The first-order chi connectivity index (χ1) is 7.13. The molecule has 0 heterocycles. The molecule has 0 fully saturated rings. The van der Waals surface area contributed by atoms with Crippen molar-refractivity contribution in [1.29, 1.82) is 0 Å². The SMILES string of the molecule is C/C(=N\O)c1cccc(OCC(C)O)c1. The lowest BCUT2D eigenvalue weighted by Gasteiger charge is -2.08. The zero-order valence-electron chi connectivity index (χ0n) is 8.84. The first-order valence-corrected chi connectivity index (χ1v) is 4.73. The zero-order valence-corrected chi connectivity index (χ0v) is 8.84. The summed E-state index contributed by atoms with van der Waals surface area (Å²) < 4.78 is 5.32. The van der Waals surface area contributed by atoms with E-state index < -0.39 is 6.10 Å². The lowest BCUT2D eigenvalue weighted by atomic mass is 10.1. The first-order valence-electron chi connectivity index (χ1n) is 4.73. The number of aliphatic hydroxyl groups excluding tert-OH is 1. The number of hydrogen-bond donors (Lipinski definition) is 2. The summed E-state index contributed by atoms with van der Waals surface area (Å²) in [5.74, 6) is 0.649. The third-order valence-corrected chi connectivity index (χ3v) is 1.89. The molecule has 1 atom stereocenters. The average molecular weight is 209 g/mol. The lowest BCUT2D eigenvalue weighted by molar-refractivity contribution is 0.122. The molecule has 4 nitrogen and oxygen atoms in total. The standard InChI is InChI=1S/C11H15NO3/c1-8(13)7-15-11-5-3-4-10(6-11)9(2)12-14/h3-6,8,13-14H,7H2,1-2H3/b12-9+. The lowest BCUT2D eigenvalue weighted by Crippen LogP contribution is -2.12. The molecule has 0 amide bonds. The van der Waals surface area contributed by atoms with Crippen LogP contribution in [0.2, 0.25) is 0 Å². The van der Waals surface area contributed by atoms with Gasteiger partial charge in [0, 0.05) is 5.56 Å². The molecular formula is C11H15NO3. The molecule has 0 aliphatic carbocycles. The van der Waals surface area contributed by atoms with Crippen molar-refractivity contribution in [3.63, 3.8) is 0 Å². The fourth-order valence-electron chi connectivity index (χ4n) is 1.09. The van der Waals surface area contributed by atoms with E-state index in [1.165, 1.54) is 0 Å². The van der Waals surface area contributed by atoms with Crippen LogP contribution in [-0.2, 0) is 0 Å². The third kappa shape index (κ3) is 3.59. The molecule has 1 aromatic rings. The molecule has 0 bridgehead atoms. The van der Waals surface area contributed by atoms with Gasteiger partial charge in [-0.15, -0.1) is 0 Å².